The number of H-pyrrole nitrogens is 1. The van der Waals surface area contributed by atoms with Gasteiger partial charge in [-0.15, -0.1) is 0 Å². The van der Waals surface area contributed by atoms with Crippen molar-refractivity contribution in [3.63, 3.8) is 0 Å². The van der Waals surface area contributed by atoms with Crippen molar-refractivity contribution in [3.8, 4) is 5.82 Å². The number of rotatable bonds is 0. The second-order valence-corrected chi connectivity index (χ2v) is 3.10. The van der Waals surface area contributed by atoms with Crippen LogP contribution in [0.5, 0.6) is 0 Å². The van der Waals surface area contributed by atoms with Gasteiger partial charge in [-0.1, -0.05) is 12.1 Å². The van der Waals surface area contributed by atoms with Gasteiger partial charge in [0.25, 0.3) is 5.56 Å². The van der Waals surface area contributed by atoms with E-state index in [1.165, 1.54) is 6.20 Å². The van der Waals surface area contributed by atoms with E-state index >= 15 is 0 Å². The number of aromatic amines is 1. The van der Waals surface area contributed by atoms with E-state index in [0.717, 1.165) is 11.0 Å². The molecule has 1 aromatic carbocycles. The van der Waals surface area contributed by atoms with Crippen LogP contribution < -0.4 is 5.56 Å². The zero-order valence-electron chi connectivity index (χ0n) is 7.27. The topological polar surface area (TPSA) is 50.7 Å². The molecule has 0 unspecified atom stereocenters. The van der Waals surface area contributed by atoms with Crippen molar-refractivity contribution in [2.75, 3.05) is 0 Å². The molecule has 0 spiro atoms. The lowest BCUT2D eigenvalue weighted by Crippen LogP contribution is -2.12. The third-order valence-electron chi connectivity index (χ3n) is 2.26. The molecule has 2 heterocycles. The molecule has 0 bridgehead atoms. The Bertz CT molecular complexity index is 623. The van der Waals surface area contributed by atoms with Gasteiger partial charge in [0, 0.05) is 6.20 Å². The number of benzene rings is 1. The van der Waals surface area contributed by atoms with Gasteiger partial charge >= 0.3 is 0 Å². The lowest BCUT2D eigenvalue weighted by atomic mass is 10.3. The molecule has 0 saturated carbocycles. The van der Waals surface area contributed by atoms with E-state index < -0.39 is 0 Å². The van der Waals surface area contributed by atoms with Crippen molar-refractivity contribution in [2.24, 2.45) is 0 Å². The lowest BCUT2D eigenvalue weighted by molar-refractivity contribution is 1.03. The van der Waals surface area contributed by atoms with E-state index in [9.17, 15) is 4.79 Å². The van der Waals surface area contributed by atoms with Crippen molar-refractivity contribution in [1.82, 2.24) is 14.5 Å². The SMILES string of the molecule is O=c1cnc2c[nH]c3ccccc3n1-2. The molecule has 14 heavy (non-hydrogen) atoms. The van der Waals surface area contributed by atoms with E-state index in [1.807, 2.05) is 24.3 Å². The van der Waals surface area contributed by atoms with Gasteiger partial charge in [-0.05, 0) is 12.1 Å². The van der Waals surface area contributed by atoms with Gasteiger partial charge in [0.2, 0.25) is 0 Å². The summed E-state index contributed by atoms with van der Waals surface area (Å²) < 4.78 is 1.59. The molecule has 3 rings (SSSR count). The number of imidazole rings is 1. The van der Waals surface area contributed by atoms with Crippen LogP contribution in [0.3, 0.4) is 0 Å². The zero-order chi connectivity index (χ0) is 9.54. The first-order chi connectivity index (χ1) is 6.86. The Hall–Kier alpha value is -2.10. The fraction of sp³-hybridized carbons (Fsp3) is 0. The number of nitrogens with zero attached hydrogens (tertiary/aromatic N) is 2. The van der Waals surface area contributed by atoms with E-state index in [2.05, 4.69) is 9.97 Å². The fourth-order valence-electron chi connectivity index (χ4n) is 1.63. The number of hydrogen-bond donors (Lipinski definition) is 1. The highest BCUT2D eigenvalue weighted by atomic mass is 16.1. The highest BCUT2D eigenvalue weighted by Gasteiger charge is 2.08. The van der Waals surface area contributed by atoms with E-state index in [-0.39, 0.29) is 5.56 Å². The summed E-state index contributed by atoms with van der Waals surface area (Å²) in [7, 11) is 0. The second kappa shape index (κ2) is 2.45. The number of fused-ring (bicyclic) bond motifs is 3. The number of hydrogen-bond acceptors (Lipinski definition) is 2. The molecule has 0 saturated heterocycles. The summed E-state index contributed by atoms with van der Waals surface area (Å²) in [6.45, 7) is 0. The Labute approximate surface area is 79.2 Å². The number of nitrogens with one attached hydrogen (secondary N) is 1. The molecule has 2 aliphatic heterocycles. The molecule has 0 aliphatic carbocycles. The predicted molar refractivity (Wildman–Crippen MR) is 52.9 cm³/mol. The average Bonchev–Trinajstić information content (AvgIpc) is 2.61. The molecule has 1 N–H and O–H groups in total. The molecule has 0 aromatic heterocycles. The molecular formula is C10H7N3O. The van der Waals surface area contributed by atoms with Crippen LogP contribution in [-0.2, 0) is 0 Å². The Morgan fingerprint density at radius 2 is 2.14 bits per heavy atom. The van der Waals surface area contributed by atoms with Crippen LogP contribution in [0.4, 0.5) is 0 Å². The van der Waals surface area contributed by atoms with Crippen molar-refractivity contribution >= 4 is 11.0 Å². The molecule has 0 radical (unpaired) electrons. The van der Waals surface area contributed by atoms with Crippen LogP contribution in [-0.4, -0.2) is 14.5 Å². The quantitative estimate of drug-likeness (QED) is 0.571. The molecule has 68 valence electrons. The molecule has 0 amide bonds. The smallest absolute Gasteiger partial charge is 0.275 e. The Balaban J connectivity index is 2.64. The third-order valence-corrected chi connectivity index (χ3v) is 2.26. The molecule has 4 heteroatoms. The fourth-order valence-corrected chi connectivity index (χ4v) is 1.63. The summed E-state index contributed by atoms with van der Waals surface area (Å²) in [4.78, 5) is 18.6. The van der Waals surface area contributed by atoms with Crippen molar-refractivity contribution in [1.29, 1.82) is 0 Å². The van der Waals surface area contributed by atoms with E-state index in [4.69, 9.17) is 0 Å². The Morgan fingerprint density at radius 1 is 1.29 bits per heavy atom. The van der Waals surface area contributed by atoms with Gasteiger partial charge in [-0.2, -0.15) is 0 Å². The van der Waals surface area contributed by atoms with E-state index in [1.54, 1.807) is 10.8 Å². The molecule has 4 nitrogen and oxygen atoms in total. The van der Waals surface area contributed by atoms with Gasteiger partial charge in [0.15, 0.2) is 5.82 Å². The van der Waals surface area contributed by atoms with Crippen LogP contribution >= 0.6 is 0 Å². The van der Waals surface area contributed by atoms with Gasteiger partial charge in [0.1, 0.15) is 0 Å². The first kappa shape index (κ1) is 7.32. The third kappa shape index (κ3) is 0.821. The highest BCUT2D eigenvalue weighted by molar-refractivity contribution is 5.76. The second-order valence-electron chi connectivity index (χ2n) is 3.10. The van der Waals surface area contributed by atoms with E-state index in [0.29, 0.717) is 5.82 Å². The van der Waals surface area contributed by atoms with Crippen LogP contribution in [0.2, 0.25) is 0 Å². The van der Waals surface area contributed by atoms with Gasteiger partial charge in [0.05, 0.1) is 17.2 Å². The summed E-state index contributed by atoms with van der Waals surface area (Å²) in [6.07, 6.45) is 3.05. The monoisotopic (exact) mass is 185 g/mol. The first-order valence-electron chi connectivity index (χ1n) is 4.30. The minimum Gasteiger partial charge on any atom is -0.357 e. The summed E-state index contributed by atoms with van der Waals surface area (Å²) >= 11 is 0. The van der Waals surface area contributed by atoms with Gasteiger partial charge in [-0.3, -0.25) is 9.36 Å². The zero-order valence-corrected chi connectivity index (χ0v) is 7.27. The number of aromatic nitrogens is 3. The maximum absolute atomic E-state index is 11.5. The minimum absolute atomic E-state index is 0.0924. The Kier molecular flexibility index (Phi) is 1.28. The lowest BCUT2D eigenvalue weighted by Gasteiger charge is -2.05. The summed E-state index contributed by atoms with van der Waals surface area (Å²) in [5.74, 6) is 0.647. The predicted octanol–water partition coefficient (Wildman–Crippen LogP) is 1.15. The van der Waals surface area contributed by atoms with Crippen LogP contribution in [0.25, 0.3) is 16.9 Å². The maximum atomic E-state index is 11.5. The minimum atomic E-state index is -0.0924. The summed E-state index contributed by atoms with van der Waals surface area (Å²) in [6, 6.07) is 7.64. The molecular weight excluding hydrogens is 178 g/mol. The van der Waals surface area contributed by atoms with Crippen molar-refractivity contribution < 1.29 is 0 Å². The first-order valence-corrected chi connectivity index (χ1v) is 4.30. The molecule has 0 atom stereocenters. The van der Waals surface area contributed by atoms with Crippen LogP contribution in [0.1, 0.15) is 0 Å². The Morgan fingerprint density at radius 3 is 3.07 bits per heavy atom. The molecule has 0 fully saturated rings. The standard InChI is InChI=1S/C10H7N3O/c14-10-6-12-9-5-11-7-3-1-2-4-8(7)13(9)10/h1-6,11H. The van der Waals surface area contributed by atoms with Gasteiger partial charge in [-0.25, -0.2) is 4.98 Å². The summed E-state index contributed by atoms with van der Waals surface area (Å²) in [5.41, 5.74) is 1.69. The highest BCUT2D eigenvalue weighted by Crippen LogP contribution is 2.14. The molecule has 2 aliphatic rings. The molecule has 1 aromatic rings. The maximum Gasteiger partial charge on any atom is 0.275 e. The van der Waals surface area contributed by atoms with Crippen molar-refractivity contribution in [3.05, 3.63) is 47.0 Å². The average molecular weight is 185 g/mol. The number of para-hydroxylation sites is 2. The van der Waals surface area contributed by atoms with Crippen molar-refractivity contribution in [2.45, 2.75) is 0 Å². The summed E-state index contributed by atoms with van der Waals surface area (Å²) in [5, 5.41) is 0. The van der Waals surface area contributed by atoms with Crippen LogP contribution in [0.15, 0.2) is 41.5 Å². The van der Waals surface area contributed by atoms with Gasteiger partial charge < -0.3 is 4.98 Å². The van der Waals surface area contributed by atoms with Crippen LogP contribution in [0, 0.1) is 0 Å². The largest absolute Gasteiger partial charge is 0.357 e. The normalized spacial score (nSPS) is 11.1.